The van der Waals surface area contributed by atoms with E-state index in [0.29, 0.717) is 24.3 Å². The zero-order chi connectivity index (χ0) is 18.3. The van der Waals surface area contributed by atoms with Crippen molar-refractivity contribution in [1.29, 1.82) is 0 Å². The number of benzene rings is 1. The maximum Gasteiger partial charge on any atom is 0.257 e. The molecule has 0 atom stereocenters. The molecule has 7 nitrogen and oxygen atoms in total. The molecule has 0 aliphatic carbocycles. The molecule has 1 aliphatic heterocycles. The summed E-state index contributed by atoms with van der Waals surface area (Å²) in [5.41, 5.74) is 3.06. The lowest BCUT2D eigenvalue weighted by molar-refractivity contribution is -0.131. The van der Waals surface area contributed by atoms with E-state index in [0.717, 1.165) is 16.6 Å². The Balaban J connectivity index is 1.46. The number of anilines is 1. The minimum Gasteiger partial charge on any atom is -0.358 e. The van der Waals surface area contributed by atoms with Gasteiger partial charge in [-0.25, -0.2) is 0 Å². The number of fused-ring (bicyclic) bond motifs is 1. The number of aromatic amines is 1. The van der Waals surface area contributed by atoms with Crippen molar-refractivity contribution in [2.75, 3.05) is 18.4 Å². The number of hydrogen-bond donors (Lipinski definition) is 2. The van der Waals surface area contributed by atoms with Crippen molar-refractivity contribution in [3.05, 3.63) is 60.6 Å². The van der Waals surface area contributed by atoms with Gasteiger partial charge in [-0.1, -0.05) is 18.7 Å². The Morgan fingerprint density at radius 2 is 2.19 bits per heavy atom. The maximum atomic E-state index is 12.6. The van der Waals surface area contributed by atoms with Gasteiger partial charge in [-0.15, -0.1) is 0 Å². The third kappa shape index (κ3) is 2.77. The molecule has 1 fully saturated rings. The monoisotopic (exact) mass is 349 g/mol. The van der Waals surface area contributed by atoms with Crippen molar-refractivity contribution < 1.29 is 9.59 Å². The predicted octanol–water partition coefficient (Wildman–Crippen LogP) is 2.49. The van der Waals surface area contributed by atoms with Gasteiger partial charge in [-0.3, -0.25) is 14.3 Å². The SMILES string of the molecule is C=CC(=O)N1CC(n2cc(NC(=O)c3cccc4cc(C)[nH]c34)cn2)C1. The zero-order valence-corrected chi connectivity index (χ0v) is 14.4. The number of H-pyrrole nitrogens is 1. The van der Waals surface area contributed by atoms with Gasteiger partial charge in [0.15, 0.2) is 0 Å². The van der Waals surface area contributed by atoms with E-state index in [1.54, 1.807) is 28.0 Å². The van der Waals surface area contributed by atoms with Crippen LogP contribution in [0.2, 0.25) is 0 Å². The molecule has 4 rings (SSSR count). The summed E-state index contributed by atoms with van der Waals surface area (Å²) in [6.45, 7) is 6.65. The number of para-hydroxylation sites is 1. The summed E-state index contributed by atoms with van der Waals surface area (Å²) in [6.07, 6.45) is 4.72. The number of aryl methyl sites for hydroxylation is 1. The van der Waals surface area contributed by atoms with Crippen LogP contribution in [0.15, 0.2) is 49.3 Å². The van der Waals surface area contributed by atoms with Gasteiger partial charge in [0.1, 0.15) is 0 Å². The first-order valence-corrected chi connectivity index (χ1v) is 8.40. The van der Waals surface area contributed by atoms with Crippen LogP contribution in [0.25, 0.3) is 10.9 Å². The number of nitrogens with one attached hydrogen (secondary N) is 2. The second-order valence-electron chi connectivity index (χ2n) is 6.49. The van der Waals surface area contributed by atoms with Gasteiger partial charge >= 0.3 is 0 Å². The van der Waals surface area contributed by atoms with E-state index >= 15 is 0 Å². The summed E-state index contributed by atoms with van der Waals surface area (Å²) in [5, 5.41) is 8.20. The van der Waals surface area contributed by atoms with Crippen molar-refractivity contribution in [3.63, 3.8) is 0 Å². The van der Waals surface area contributed by atoms with Crippen molar-refractivity contribution in [1.82, 2.24) is 19.7 Å². The highest BCUT2D eigenvalue weighted by Crippen LogP contribution is 2.23. The van der Waals surface area contributed by atoms with Crippen molar-refractivity contribution >= 4 is 28.4 Å². The van der Waals surface area contributed by atoms with Gasteiger partial charge in [0.25, 0.3) is 5.91 Å². The van der Waals surface area contributed by atoms with E-state index in [1.165, 1.54) is 6.08 Å². The van der Waals surface area contributed by atoms with E-state index in [2.05, 4.69) is 22.0 Å². The summed E-state index contributed by atoms with van der Waals surface area (Å²) in [4.78, 5) is 29.1. The van der Waals surface area contributed by atoms with Crippen LogP contribution in [0.5, 0.6) is 0 Å². The second kappa shape index (κ2) is 6.18. The van der Waals surface area contributed by atoms with Gasteiger partial charge in [0.05, 0.1) is 29.0 Å². The Hall–Kier alpha value is -3.35. The molecule has 2 aromatic heterocycles. The molecule has 1 aliphatic rings. The average Bonchev–Trinajstić information content (AvgIpc) is 3.18. The van der Waals surface area contributed by atoms with Crippen LogP contribution in [0.1, 0.15) is 22.1 Å². The van der Waals surface area contributed by atoms with Crippen LogP contribution in [-0.4, -0.2) is 44.6 Å². The number of nitrogens with zero attached hydrogens (tertiary/aromatic N) is 3. The minimum absolute atomic E-state index is 0.0729. The topological polar surface area (TPSA) is 83.0 Å². The molecule has 3 aromatic rings. The highest BCUT2D eigenvalue weighted by Gasteiger charge is 2.31. The van der Waals surface area contributed by atoms with Gasteiger partial charge in [-0.2, -0.15) is 5.10 Å². The first kappa shape index (κ1) is 16.1. The van der Waals surface area contributed by atoms with Crippen LogP contribution in [0.3, 0.4) is 0 Å². The summed E-state index contributed by atoms with van der Waals surface area (Å²) >= 11 is 0. The Labute approximate surface area is 150 Å². The van der Waals surface area contributed by atoms with Crippen LogP contribution < -0.4 is 5.32 Å². The standard InChI is InChI=1S/C19H19N5O2/c1-3-17(25)23-10-15(11-23)24-9-14(8-20-24)22-19(26)16-6-4-5-13-7-12(2)21-18(13)16/h3-9,15,21H,1,10-11H2,2H3,(H,22,26). The zero-order valence-electron chi connectivity index (χ0n) is 14.4. The minimum atomic E-state index is -0.186. The van der Waals surface area contributed by atoms with E-state index in [9.17, 15) is 9.59 Å². The Bertz CT molecular complexity index is 1010. The molecule has 2 amide bonds. The summed E-state index contributed by atoms with van der Waals surface area (Å²) in [5.74, 6) is -0.259. The number of aromatic nitrogens is 3. The van der Waals surface area contributed by atoms with Gasteiger partial charge in [0, 0.05) is 30.4 Å². The molecule has 3 heterocycles. The van der Waals surface area contributed by atoms with E-state index < -0.39 is 0 Å². The van der Waals surface area contributed by atoms with E-state index in [-0.39, 0.29) is 17.9 Å². The quantitative estimate of drug-likeness (QED) is 0.710. The van der Waals surface area contributed by atoms with Gasteiger partial charge in [0.2, 0.25) is 5.91 Å². The van der Waals surface area contributed by atoms with Crippen LogP contribution in [0.4, 0.5) is 5.69 Å². The predicted molar refractivity (Wildman–Crippen MR) is 99.0 cm³/mol. The smallest absolute Gasteiger partial charge is 0.257 e. The van der Waals surface area contributed by atoms with Gasteiger partial charge in [-0.05, 0) is 25.1 Å². The number of carbonyl (C=O) groups excluding carboxylic acids is 2. The molecular formula is C19H19N5O2. The Morgan fingerprint density at radius 1 is 1.38 bits per heavy atom. The number of likely N-dealkylation sites (tertiary alicyclic amines) is 1. The molecule has 1 saturated heterocycles. The van der Waals surface area contributed by atoms with Crippen LogP contribution >= 0.6 is 0 Å². The van der Waals surface area contributed by atoms with Crippen molar-refractivity contribution in [2.45, 2.75) is 13.0 Å². The summed E-state index contributed by atoms with van der Waals surface area (Å²) in [6, 6.07) is 7.77. The van der Waals surface area contributed by atoms with Gasteiger partial charge < -0.3 is 15.2 Å². The number of carbonyl (C=O) groups is 2. The number of amides is 2. The first-order valence-electron chi connectivity index (χ1n) is 8.40. The molecule has 0 spiro atoms. The molecule has 0 saturated carbocycles. The molecular weight excluding hydrogens is 330 g/mol. The lowest BCUT2D eigenvalue weighted by Gasteiger charge is -2.38. The fourth-order valence-corrected chi connectivity index (χ4v) is 3.22. The highest BCUT2D eigenvalue weighted by molar-refractivity contribution is 6.12. The van der Waals surface area contributed by atoms with Crippen LogP contribution in [-0.2, 0) is 4.79 Å². The molecule has 7 heteroatoms. The van der Waals surface area contributed by atoms with E-state index in [4.69, 9.17) is 0 Å². The molecule has 2 N–H and O–H groups in total. The molecule has 0 bridgehead atoms. The third-order valence-corrected chi connectivity index (χ3v) is 4.62. The van der Waals surface area contributed by atoms with Crippen molar-refractivity contribution in [2.24, 2.45) is 0 Å². The molecule has 0 unspecified atom stereocenters. The Kier molecular flexibility index (Phi) is 3.84. The fourth-order valence-electron chi connectivity index (χ4n) is 3.22. The highest BCUT2D eigenvalue weighted by atomic mass is 16.2. The summed E-state index contributed by atoms with van der Waals surface area (Å²) < 4.78 is 1.78. The maximum absolute atomic E-state index is 12.6. The van der Waals surface area contributed by atoms with E-state index in [1.807, 2.05) is 25.1 Å². The molecule has 1 aromatic carbocycles. The lowest BCUT2D eigenvalue weighted by Crippen LogP contribution is -2.50. The molecule has 0 radical (unpaired) electrons. The second-order valence-corrected chi connectivity index (χ2v) is 6.49. The molecule has 132 valence electrons. The molecule has 26 heavy (non-hydrogen) atoms. The average molecular weight is 349 g/mol. The number of rotatable bonds is 4. The van der Waals surface area contributed by atoms with Crippen molar-refractivity contribution in [3.8, 4) is 0 Å². The van der Waals surface area contributed by atoms with Crippen LogP contribution in [0, 0.1) is 6.92 Å². The lowest BCUT2D eigenvalue weighted by atomic mass is 10.1. The largest absolute Gasteiger partial charge is 0.358 e. The summed E-state index contributed by atoms with van der Waals surface area (Å²) in [7, 11) is 0. The third-order valence-electron chi connectivity index (χ3n) is 4.62. The Morgan fingerprint density at radius 3 is 2.96 bits per heavy atom. The first-order chi connectivity index (χ1) is 12.5. The fraction of sp³-hybridized carbons (Fsp3) is 0.211. The number of hydrogen-bond acceptors (Lipinski definition) is 3. The normalized spacial score (nSPS) is 14.3.